The van der Waals surface area contributed by atoms with Crippen LogP contribution in [0.3, 0.4) is 0 Å². The first-order valence-electron chi connectivity index (χ1n) is 9.08. The third kappa shape index (κ3) is 26.8. The van der Waals surface area contributed by atoms with Crippen LogP contribution in [-0.4, -0.2) is 52.7 Å². The van der Waals surface area contributed by atoms with Crippen molar-refractivity contribution in [3.05, 3.63) is 0 Å². The predicted molar refractivity (Wildman–Crippen MR) is 100 cm³/mol. The summed E-state index contributed by atoms with van der Waals surface area (Å²) in [6, 6.07) is 0. The summed E-state index contributed by atoms with van der Waals surface area (Å²) >= 11 is 0. The van der Waals surface area contributed by atoms with Crippen LogP contribution in [0.25, 0.3) is 0 Å². The van der Waals surface area contributed by atoms with Crippen molar-refractivity contribution in [2.75, 3.05) is 0 Å². The molecule has 0 aliphatic carbocycles. The number of esters is 1. The summed E-state index contributed by atoms with van der Waals surface area (Å²) in [5.74, 6) is -0.461. The van der Waals surface area contributed by atoms with Crippen LogP contribution in [0.1, 0.15) is 98.3 Å². The van der Waals surface area contributed by atoms with Gasteiger partial charge in [0.1, 0.15) is 0 Å². The number of ether oxygens (including phenoxy) is 1. The Hall–Kier alpha value is -0.100. The van der Waals surface area contributed by atoms with Crippen LogP contribution in [0.2, 0.25) is 0 Å². The Kier molecular flexibility index (Phi) is 27.4. The number of hydrogen-bond acceptors (Lipinski definition) is 4. The Bertz CT molecular complexity index is 288. The number of carbonyl (C=O) groups is 2. The van der Waals surface area contributed by atoms with Crippen molar-refractivity contribution in [3.63, 3.8) is 0 Å². The summed E-state index contributed by atoms with van der Waals surface area (Å²) in [6.45, 7) is 7.51. The van der Waals surface area contributed by atoms with E-state index in [1.807, 2.05) is 13.8 Å². The van der Waals surface area contributed by atoms with Gasteiger partial charge in [-0.25, -0.2) is 5.48 Å². The van der Waals surface area contributed by atoms with E-state index in [2.05, 4.69) is 6.92 Å². The molecule has 140 valence electrons. The van der Waals surface area contributed by atoms with Gasteiger partial charge in [-0.05, 0) is 19.8 Å². The van der Waals surface area contributed by atoms with E-state index in [0.717, 1.165) is 19.3 Å². The number of amides is 1. The molecule has 1 unspecified atom stereocenters. The number of hydrogen-bond donors (Lipinski definition) is 2. The van der Waals surface area contributed by atoms with Gasteiger partial charge in [-0.1, -0.05) is 65.2 Å². The van der Waals surface area contributed by atoms with E-state index in [1.165, 1.54) is 51.9 Å². The number of hydroxylamine groups is 1. The molecule has 0 rings (SSSR count). The average Bonchev–Trinajstić information content (AvgIpc) is 2.52. The van der Waals surface area contributed by atoms with Crippen LogP contribution in [0.4, 0.5) is 0 Å². The number of carbonyl (C=O) groups excluding carboxylic acids is 2. The summed E-state index contributed by atoms with van der Waals surface area (Å²) in [5.41, 5.74) is 1.65. The van der Waals surface area contributed by atoms with Gasteiger partial charge >= 0.3 is 35.5 Å². The molecule has 0 bridgehead atoms. The van der Waals surface area contributed by atoms with E-state index < -0.39 is 0 Å². The first-order chi connectivity index (χ1) is 11.0. The van der Waals surface area contributed by atoms with Crippen molar-refractivity contribution >= 4 is 41.4 Å². The summed E-state index contributed by atoms with van der Waals surface area (Å²) < 4.78 is 4.76. The molecule has 24 heavy (non-hydrogen) atoms. The molecule has 0 aromatic heterocycles. The van der Waals surface area contributed by atoms with Crippen LogP contribution in [0, 0.1) is 0 Å². The van der Waals surface area contributed by atoms with Crippen molar-refractivity contribution in [3.8, 4) is 0 Å². The van der Waals surface area contributed by atoms with Crippen LogP contribution in [-0.2, 0) is 14.3 Å². The summed E-state index contributed by atoms with van der Waals surface area (Å²) in [7, 11) is 0. The second-order valence-corrected chi connectivity index (χ2v) is 5.94. The Morgan fingerprint density at radius 3 is 1.75 bits per heavy atom. The second kappa shape index (κ2) is 22.9. The third-order valence-electron chi connectivity index (χ3n) is 3.57. The minimum atomic E-state index is -0.266. The average molecular weight is 355 g/mol. The fourth-order valence-electron chi connectivity index (χ4n) is 2.02. The normalized spacial score (nSPS) is 10.7. The molecule has 0 heterocycles. The summed E-state index contributed by atoms with van der Waals surface area (Å²) in [6.07, 6.45) is 12.6. The van der Waals surface area contributed by atoms with E-state index in [4.69, 9.17) is 9.94 Å². The minimum absolute atomic E-state index is 0. The number of unbranched alkanes of at least 4 members (excludes halogenated alkanes) is 8. The zero-order valence-electron chi connectivity index (χ0n) is 15.5. The standard InChI is InChI=1S/C12H25NO2.C6H12O2.Na.H/c1-2-3-4-5-6-7-8-9-10-11-12(14)13-15;1-4-5(2)8-6(3)7;;/h15H,2-11H2,1H3,(H,13,14);5H,4H2,1-3H3;;. The Balaban J connectivity index is -0.000000419. The Labute approximate surface area is 170 Å². The fourth-order valence-corrected chi connectivity index (χ4v) is 2.02. The van der Waals surface area contributed by atoms with Gasteiger partial charge in [0.05, 0.1) is 6.10 Å². The van der Waals surface area contributed by atoms with Crippen molar-refractivity contribution in [1.29, 1.82) is 0 Å². The maximum absolute atomic E-state index is 10.7. The van der Waals surface area contributed by atoms with Gasteiger partial charge in [0.25, 0.3) is 0 Å². The molecule has 0 spiro atoms. The molecule has 0 saturated heterocycles. The molecule has 1 atom stereocenters. The quantitative estimate of drug-likeness (QED) is 0.182. The second-order valence-electron chi connectivity index (χ2n) is 5.94. The molecular formula is C18H38NNaO4. The van der Waals surface area contributed by atoms with Crippen LogP contribution >= 0.6 is 0 Å². The van der Waals surface area contributed by atoms with Crippen molar-refractivity contribution < 1.29 is 19.5 Å². The molecule has 0 fully saturated rings. The van der Waals surface area contributed by atoms with E-state index in [0.29, 0.717) is 6.42 Å². The first kappa shape index (κ1) is 28.7. The third-order valence-corrected chi connectivity index (χ3v) is 3.57. The van der Waals surface area contributed by atoms with Crippen molar-refractivity contribution in [2.45, 2.75) is 104 Å². The Morgan fingerprint density at radius 1 is 0.958 bits per heavy atom. The van der Waals surface area contributed by atoms with Crippen LogP contribution < -0.4 is 5.48 Å². The SMILES string of the molecule is CCC(C)OC(C)=O.CCCCCCCCCCCC(=O)NO.[NaH]. The number of rotatable bonds is 12. The van der Waals surface area contributed by atoms with Crippen molar-refractivity contribution in [1.82, 2.24) is 5.48 Å². The number of nitrogens with one attached hydrogen (secondary N) is 1. The molecule has 1 amide bonds. The fraction of sp³-hybridized carbons (Fsp3) is 0.889. The van der Waals surface area contributed by atoms with Gasteiger partial charge < -0.3 is 4.74 Å². The monoisotopic (exact) mass is 355 g/mol. The topological polar surface area (TPSA) is 75.6 Å². The van der Waals surface area contributed by atoms with Gasteiger partial charge in [0, 0.05) is 13.3 Å². The summed E-state index contributed by atoms with van der Waals surface area (Å²) in [4.78, 5) is 20.8. The maximum atomic E-state index is 10.7. The molecule has 0 aromatic carbocycles. The zero-order valence-corrected chi connectivity index (χ0v) is 15.5. The predicted octanol–water partition coefficient (Wildman–Crippen LogP) is 4.11. The van der Waals surface area contributed by atoms with Crippen molar-refractivity contribution in [2.24, 2.45) is 0 Å². The van der Waals surface area contributed by atoms with Gasteiger partial charge in [0.2, 0.25) is 5.91 Å². The van der Waals surface area contributed by atoms with E-state index in [-0.39, 0.29) is 47.5 Å². The molecule has 2 N–H and O–H groups in total. The van der Waals surface area contributed by atoms with Gasteiger partial charge in [0.15, 0.2) is 0 Å². The van der Waals surface area contributed by atoms with Gasteiger partial charge in [-0.15, -0.1) is 0 Å². The van der Waals surface area contributed by atoms with Crippen LogP contribution in [0.15, 0.2) is 0 Å². The molecular weight excluding hydrogens is 317 g/mol. The molecule has 0 aliphatic rings. The molecule has 5 nitrogen and oxygen atoms in total. The Morgan fingerprint density at radius 2 is 1.42 bits per heavy atom. The van der Waals surface area contributed by atoms with E-state index in [9.17, 15) is 9.59 Å². The molecule has 0 saturated carbocycles. The molecule has 0 aliphatic heterocycles. The first-order valence-corrected chi connectivity index (χ1v) is 9.08. The van der Waals surface area contributed by atoms with Gasteiger partial charge in [-0.2, -0.15) is 0 Å². The zero-order chi connectivity index (χ0) is 17.9. The molecule has 0 aromatic rings. The van der Waals surface area contributed by atoms with E-state index >= 15 is 0 Å². The van der Waals surface area contributed by atoms with Crippen LogP contribution in [0.5, 0.6) is 0 Å². The summed E-state index contributed by atoms with van der Waals surface area (Å²) in [5, 5.41) is 8.26. The van der Waals surface area contributed by atoms with Gasteiger partial charge in [-0.3, -0.25) is 14.8 Å². The molecule has 0 radical (unpaired) electrons. The van der Waals surface area contributed by atoms with E-state index in [1.54, 1.807) is 5.48 Å². The molecule has 6 heteroatoms.